The minimum absolute atomic E-state index is 0.137. The first-order chi connectivity index (χ1) is 6.31. The van der Waals surface area contributed by atoms with Gasteiger partial charge in [0.05, 0.1) is 13.7 Å². The zero-order valence-corrected chi connectivity index (χ0v) is 7.28. The molecular formula is C9H10O4. The fraction of sp³-hybridized carbons (Fsp3) is 0.333. The van der Waals surface area contributed by atoms with E-state index in [-0.39, 0.29) is 6.61 Å². The van der Waals surface area contributed by atoms with E-state index in [1.54, 1.807) is 6.08 Å². The number of hydrogen-bond donors (Lipinski definition) is 0. The van der Waals surface area contributed by atoms with E-state index < -0.39 is 5.97 Å². The average molecular weight is 182 g/mol. The summed E-state index contributed by atoms with van der Waals surface area (Å²) in [5.74, 6) is 4.05. The largest absolute Gasteiger partial charge is 0.459 e. The normalized spacial score (nSPS) is 9.00. The van der Waals surface area contributed by atoms with Gasteiger partial charge in [-0.05, 0) is 6.08 Å². The molecule has 0 unspecified atom stereocenters. The Labute approximate surface area is 76.5 Å². The molecule has 0 spiro atoms. The number of ether oxygens (including phenoxy) is 2. The number of hydrogen-bond acceptors (Lipinski definition) is 4. The molecule has 0 radical (unpaired) electrons. The summed E-state index contributed by atoms with van der Waals surface area (Å²) in [5.41, 5.74) is 0. The molecule has 0 bridgehead atoms. The number of allylic oxidation sites excluding steroid dienone is 1. The van der Waals surface area contributed by atoms with Crippen molar-refractivity contribution >= 4 is 12.3 Å². The van der Waals surface area contributed by atoms with Crippen LogP contribution in [0, 0.1) is 11.8 Å². The van der Waals surface area contributed by atoms with Gasteiger partial charge in [0.1, 0.15) is 12.9 Å². The Morgan fingerprint density at radius 3 is 2.92 bits per heavy atom. The third kappa shape index (κ3) is 8.30. The standard InChI is InChI=1S/C9H10O4/c1-12-9(11)5-4-8-13-7-3-2-6-10/h2-3,6H,7-8H2,1H3/b3-2+. The molecule has 70 valence electrons. The van der Waals surface area contributed by atoms with Crippen molar-refractivity contribution in [3.05, 3.63) is 12.2 Å². The molecule has 0 aliphatic carbocycles. The summed E-state index contributed by atoms with van der Waals surface area (Å²) in [5, 5.41) is 0. The van der Waals surface area contributed by atoms with E-state index in [4.69, 9.17) is 4.74 Å². The second kappa shape index (κ2) is 8.50. The van der Waals surface area contributed by atoms with E-state index in [0.717, 1.165) is 0 Å². The predicted molar refractivity (Wildman–Crippen MR) is 45.8 cm³/mol. The number of carbonyl (C=O) groups is 2. The van der Waals surface area contributed by atoms with Gasteiger partial charge in [-0.2, -0.15) is 0 Å². The molecule has 0 saturated carbocycles. The average Bonchev–Trinajstić information content (AvgIpc) is 2.16. The fourth-order valence-corrected chi connectivity index (χ4v) is 0.448. The van der Waals surface area contributed by atoms with Crippen LogP contribution in [0.3, 0.4) is 0 Å². The van der Waals surface area contributed by atoms with Gasteiger partial charge in [-0.15, -0.1) is 0 Å². The van der Waals surface area contributed by atoms with Crippen LogP contribution in [-0.4, -0.2) is 32.6 Å². The van der Waals surface area contributed by atoms with Crippen LogP contribution >= 0.6 is 0 Å². The molecule has 0 aromatic rings. The van der Waals surface area contributed by atoms with Gasteiger partial charge in [-0.1, -0.05) is 12.0 Å². The van der Waals surface area contributed by atoms with Crippen molar-refractivity contribution in [1.82, 2.24) is 0 Å². The van der Waals surface area contributed by atoms with E-state index in [0.29, 0.717) is 12.9 Å². The monoisotopic (exact) mass is 182 g/mol. The molecule has 0 aromatic carbocycles. The molecule has 13 heavy (non-hydrogen) atoms. The molecule has 4 heteroatoms. The van der Waals surface area contributed by atoms with Crippen LogP contribution in [0.5, 0.6) is 0 Å². The summed E-state index contributed by atoms with van der Waals surface area (Å²) >= 11 is 0. The van der Waals surface area contributed by atoms with Gasteiger partial charge in [-0.25, -0.2) is 4.79 Å². The summed E-state index contributed by atoms with van der Waals surface area (Å²) in [6, 6.07) is 0. The quantitative estimate of drug-likeness (QED) is 0.152. The van der Waals surface area contributed by atoms with Crippen LogP contribution in [0.4, 0.5) is 0 Å². The van der Waals surface area contributed by atoms with Crippen molar-refractivity contribution in [2.45, 2.75) is 0 Å². The highest BCUT2D eigenvalue weighted by atomic mass is 16.5. The van der Waals surface area contributed by atoms with Crippen molar-refractivity contribution in [1.29, 1.82) is 0 Å². The highest BCUT2D eigenvalue weighted by Gasteiger charge is 1.87. The van der Waals surface area contributed by atoms with E-state index in [2.05, 4.69) is 16.6 Å². The molecule has 0 fully saturated rings. The second-order valence-electron chi connectivity index (χ2n) is 1.87. The molecule has 0 rings (SSSR count). The Hall–Kier alpha value is -1.60. The summed E-state index contributed by atoms with van der Waals surface area (Å²) in [4.78, 5) is 20.2. The second-order valence-corrected chi connectivity index (χ2v) is 1.87. The Morgan fingerprint density at radius 1 is 1.54 bits per heavy atom. The van der Waals surface area contributed by atoms with Crippen LogP contribution in [0.2, 0.25) is 0 Å². The fourth-order valence-electron chi connectivity index (χ4n) is 0.448. The van der Waals surface area contributed by atoms with Crippen molar-refractivity contribution in [3.63, 3.8) is 0 Å². The van der Waals surface area contributed by atoms with Crippen LogP contribution < -0.4 is 0 Å². The van der Waals surface area contributed by atoms with E-state index in [1.165, 1.54) is 13.2 Å². The van der Waals surface area contributed by atoms with Gasteiger partial charge in [0.2, 0.25) is 0 Å². The first-order valence-corrected chi connectivity index (χ1v) is 3.56. The molecule has 0 aliphatic heterocycles. The minimum atomic E-state index is -0.591. The maximum atomic E-state index is 10.4. The lowest BCUT2D eigenvalue weighted by Crippen LogP contribution is -1.96. The van der Waals surface area contributed by atoms with Crippen molar-refractivity contribution in [2.24, 2.45) is 0 Å². The lowest BCUT2D eigenvalue weighted by molar-refractivity contribution is -0.133. The third-order valence-corrected chi connectivity index (χ3v) is 0.979. The molecule has 4 nitrogen and oxygen atoms in total. The lowest BCUT2D eigenvalue weighted by atomic mass is 10.5. The van der Waals surface area contributed by atoms with E-state index in [1.807, 2.05) is 0 Å². The molecule has 0 N–H and O–H groups in total. The Bertz CT molecular complexity index is 244. The van der Waals surface area contributed by atoms with Crippen molar-refractivity contribution in [3.8, 4) is 11.8 Å². The maximum absolute atomic E-state index is 10.4. The summed E-state index contributed by atoms with van der Waals surface area (Å²) in [7, 11) is 1.25. The Balaban J connectivity index is 3.43. The Kier molecular flexibility index (Phi) is 7.45. The summed E-state index contributed by atoms with van der Waals surface area (Å²) < 4.78 is 9.17. The van der Waals surface area contributed by atoms with Crippen LogP contribution in [-0.2, 0) is 19.1 Å². The van der Waals surface area contributed by atoms with E-state index >= 15 is 0 Å². The third-order valence-electron chi connectivity index (χ3n) is 0.979. The van der Waals surface area contributed by atoms with Gasteiger partial charge >= 0.3 is 5.97 Å². The first-order valence-electron chi connectivity index (χ1n) is 3.56. The van der Waals surface area contributed by atoms with Gasteiger partial charge in [0, 0.05) is 5.92 Å². The lowest BCUT2D eigenvalue weighted by Gasteiger charge is -1.90. The zero-order chi connectivity index (χ0) is 9.94. The molecule has 0 saturated heterocycles. The zero-order valence-electron chi connectivity index (χ0n) is 7.28. The van der Waals surface area contributed by atoms with Gasteiger partial charge in [-0.3, -0.25) is 4.79 Å². The van der Waals surface area contributed by atoms with E-state index in [9.17, 15) is 9.59 Å². The molecule has 0 amide bonds. The van der Waals surface area contributed by atoms with Gasteiger partial charge < -0.3 is 9.47 Å². The Morgan fingerprint density at radius 2 is 2.31 bits per heavy atom. The smallest absolute Gasteiger partial charge is 0.384 e. The van der Waals surface area contributed by atoms with Crippen molar-refractivity contribution in [2.75, 3.05) is 20.3 Å². The highest BCUT2D eigenvalue weighted by Crippen LogP contribution is 1.75. The molecule has 0 aliphatic rings. The number of aldehydes is 1. The summed E-state index contributed by atoms with van der Waals surface area (Å²) in [6.07, 6.45) is 3.53. The van der Waals surface area contributed by atoms with Gasteiger partial charge in [0.15, 0.2) is 0 Å². The highest BCUT2D eigenvalue weighted by molar-refractivity contribution is 5.88. The van der Waals surface area contributed by atoms with Crippen LogP contribution in [0.1, 0.15) is 0 Å². The maximum Gasteiger partial charge on any atom is 0.384 e. The number of rotatable bonds is 4. The molecular weight excluding hydrogens is 172 g/mol. The van der Waals surface area contributed by atoms with Crippen LogP contribution in [0.15, 0.2) is 12.2 Å². The predicted octanol–water partition coefficient (Wildman–Crippen LogP) is -0.0655. The molecule has 0 heterocycles. The topological polar surface area (TPSA) is 52.6 Å². The number of carbonyl (C=O) groups excluding carboxylic acids is 2. The van der Waals surface area contributed by atoms with Crippen LogP contribution in [0.25, 0.3) is 0 Å². The number of esters is 1. The first kappa shape index (κ1) is 11.4. The van der Waals surface area contributed by atoms with Gasteiger partial charge in [0.25, 0.3) is 0 Å². The minimum Gasteiger partial charge on any atom is -0.459 e. The molecule has 0 aromatic heterocycles. The van der Waals surface area contributed by atoms with Crippen molar-refractivity contribution < 1.29 is 19.1 Å². The number of methoxy groups -OCH3 is 1. The SMILES string of the molecule is COC(=O)C#CCOC/C=C/C=O. The molecule has 0 atom stereocenters. The summed E-state index contributed by atoms with van der Waals surface area (Å²) in [6.45, 7) is 0.437.